The molecule has 2 aliphatic rings. The van der Waals surface area contributed by atoms with Crippen LogP contribution in [0.1, 0.15) is 33.6 Å². The Morgan fingerprint density at radius 3 is 2.56 bits per heavy atom. The van der Waals surface area contributed by atoms with E-state index in [0.717, 1.165) is 0 Å². The van der Waals surface area contributed by atoms with Crippen molar-refractivity contribution in [3.63, 3.8) is 0 Å². The Balaban J connectivity index is 1.84. The number of cyclic esters (lactones) is 1. The van der Waals surface area contributed by atoms with Gasteiger partial charge in [0.25, 0.3) is 0 Å². The fourth-order valence-electron chi connectivity index (χ4n) is 2.15. The number of carbonyl (C=O) groups is 2. The predicted octanol–water partition coefficient (Wildman–Crippen LogP) is 1.22. The Morgan fingerprint density at radius 1 is 1.50 bits per heavy atom. The van der Waals surface area contributed by atoms with Crippen molar-refractivity contribution >= 4 is 12.1 Å². The minimum Gasteiger partial charge on any atom is -0.460 e. The third kappa shape index (κ3) is 2.13. The molecule has 5 heteroatoms. The lowest BCUT2D eigenvalue weighted by Gasteiger charge is -2.42. The SMILES string of the molecule is CC(C)(C)OC(=O)[C@H]1C[C@@]2(COC(=O)N2)C1. The van der Waals surface area contributed by atoms with Gasteiger partial charge in [-0.05, 0) is 33.6 Å². The molecule has 0 aromatic rings. The van der Waals surface area contributed by atoms with Gasteiger partial charge in [-0.3, -0.25) is 4.79 Å². The molecule has 2 fully saturated rings. The minimum absolute atomic E-state index is 0.110. The normalized spacial score (nSPS) is 32.9. The van der Waals surface area contributed by atoms with Crippen LogP contribution in [0.4, 0.5) is 4.79 Å². The van der Waals surface area contributed by atoms with E-state index in [2.05, 4.69) is 5.32 Å². The van der Waals surface area contributed by atoms with E-state index in [1.807, 2.05) is 20.8 Å². The van der Waals surface area contributed by atoms with Crippen molar-refractivity contribution in [1.82, 2.24) is 5.32 Å². The van der Waals surface area contributed by atoms with Gasteiger partial charge in [0.2, 0.25) is 0 Å². The molecule has 90 valence electrons. The van der Waals surface area contributed by atoms with Crippen molar-refractivity contribution in [2.24, 2.45) is 5.92 Å². The largest absolute Gasteiger partial charge is 0.460 e. The van der Waals surface area contributed by atoms with Crippen molar-refractivity contribution in [2.45, 2.75) is 44.8 Å². The second-order valence-electron chi connectivity index (χ2n) is 5.62. The lowest BCUT2D eigenvalue weighted by Crippen LogP contribution is -2.56. The van der Waals surface area contributed by atoms with Gasteiger partial charge in [-0.15, -0.1) is 0 Å². The molecule has 1 heterocycles. The molecule has 0 atom stereocenters. The molecule has 1 N–H and O–H groups in total. The smallest absolute Gasteiger partial charge is 0.407 e. The predicted molar refractivity (Wildman–Crippen MR) is 55.8 cm³/mol. The summed E-state index contributed by atoms with van der Waals surface area (Å²) in [5.74, 6) is -0.291. The Hall–Kier alpha value is -1.26. The second-order valence-corrected chi connectivity index (χ2v) is 5.62. The van der Waals surface area contributed by atoms with Gasteiger partial charge in [-0.1, -0.05) is 0 Å². The van der Waals surface area contributed by atoms with Crippen LogP contribution in [0.15, 0.2) is 0 Å². The summed E-state index contributed by atoms with van der Waals surface area (Å²) in [6.07, 6.45) is 0.851. The summed E-state index contributed by atoms with van der Waals surface area (Å²) >= 11 is 0. The maximum Gasteiger partial charge on any atom is 0.407 e. The lowest BCUT2D eigenvalue weighted by molar-refractivity contribution is -0.166. The fourth-order valence-corrected chi connectivity index (χ4v) is 2.15. The second kappa shape index (κ2) is 3.37. The number of esters is 1. The number of alkyl carbamates (subject to hydrolysis) is 1. The number of carbonyl (C=O) groups excluding carboxylic acids is 2. The quantitative estimate of drug-likeness (QED) is 0.684. The van der Waals surface area contributed by atoms with Gasteiger partial charge >= 0.3 is 12.1 Å². The van der Waals surface area contributed by atoms with Crippen molar-refractivity contribution in [3.05, 3.63) is 0 Å². The molecule has 1 aliphatic carbocycles. The highest BCUT2D eigenvalue weighted by Gasteiger charge is 2.53. The minimum atomic E-state index is -0.449. The maximum atomic E-state index is 11.7. The molecule has 0 aromatic heterocycles. The van der Waals surface area contributed by atoms with E-state index in [4.69, 9.17) is 9.47 Å². The molecule has 1 spiro atoms. The van der Waals surface area contributed by atoms with Gasteiger partial charge in [0.15, 0.2) is 0 Å². The molecule has 2 rings (SSSR count). The summed E-state index contributed by atoms with van der Waals surface area (Å²) in [6, 6.07) is 0. The van der Waals surface area contributed by atoms with E-state index in [9.17, 15) is 9.59 Å². The molecular weight excluding hydrogens is 210 g/mol. The van der Waals surface area contributed by atoms with Crippen molar-refractivity contribution < 1.29 is 19.1 Å². The van der Waals surface area contributed by atoms with E-state index in [0.29, 0.717) is 19.4 Å². The highest BCUT2D eigenvalue weighted by molar-refractivity contribution is 5.77. The summed E-state index contributed by atoms with van der Waals surface area (Å²) in [6.45, 7) is 5.91. The number of nitrogens with one attached hydrogen (secondary N) is 1. The van der Waals surface area contributed by atoms with E-state index in [1.165, 1.54) is 0 Å². The molecule has 0 unspecified atom stereocenters. The summed E-state index contributed by atoms with van der Waals surface area (Å²) in [4.78, 5) is 22.6. The molecular formula is C11H17NO4. The van der Waals surface area contributed by atoms with Crippen LogP contribution >= 0.6 is 0 Å². The molecule has 1 aliphatic heterocycles. The topological polar surface area (TPSA) is 64.6 Å². The number of amides is 1. The lowest BCUT2D eigenvalue weighted by atomic mass is 9.69. The zero-order valence-corrected chi connectivity index (χ0v) is 9.83. The zero-order chi connectivity index (χ0) is 12.0. The first kappa shape index (κ1) is 11.2. The first-order chi connectivity index (χ1) is 7.30. The highest BCUT2D eigenvalue weighted by Crippen LogP contribution is 2.41. The van der Waals surface area contributed by atoms with E-state index < -0.39 is 5.60 Å². The molecule has 1 saturated carbocycles. The first-order valence-corrected chi connectivity index (χ1v) is 5.48. The van der Waals surface area contributed by atoms with Gasteiger partial charge < -0.3 is 14.8 Å². The highest BCUT2D eigenvalue weighted by atomic mass is 16.6. The Labute approximate surface area is 94.5 Å². The molecule has 0 aromatic carbocycles. The molecule has 1 saturated heterocycles. The number of hydrogen-bond donors (Lipinski definition) is 1. The van der Waals surface area contributed by atoms with Crippen LogP contribution in [-0.2, 0) is 14.3 Å². The van der Waals surface area contributed by atoms with Gasteiger partial charge in [-0.2, -0.15) is 0 Å². The molecule has 5 nitrogen and oxygen atoms in total. The van der Waals surface area contributed by atoms with Crippen LogP contribution in [-0.4, -0.2) is 29.8 Å². The fraction of sp³-hybridized carbons (Fsp3) is 0.818. The Kier molecular flexibility index (Phi) is 2.36. The van der Waals surface area contributed by atoms with Gasteiger partial charge in [0, 0.05) is 0 Å². The Bertz CT molecular complexity index is 325. The number of ether oxygens (including phenoxy) is 2. The third-order valence-corrected chi connectivity index (χ3v) is 2.86. The average Bonchev–Trinajstić information content (AvgIpc) is 2.41. The van der Waals surface area contributed by atoms with Crippen LogP contribution in [0.5, 0.6) is 0 Å². The summed E-state index contributed by atoms with van der Waals surface area (Å²) < 4.78 is 10.1. The van der Waals surface area contributed by atoms with E-state index in [1.54, 1.807) is 0 Å². The monoisotopic (exact) mass is 227 g/mol. The Morgan fingerprint density at radius 2 is 2.12 bits per heavy atom. The van der Waals surface area contributed by atoms with Crippen molar-refractivity contribution in [3.8, 4) is 0 Å². The van der Waals surface area contributed by atoms with Gasteiger partial charge in [-0.25, -0.2) is 4.79 Å². The molecule has 0 bridgehead atoms. The van der Waals surface area contributed by atoms with Crippen molar-refractivity contribution in [2.75, 3.05) is 6.61 Å². The number of rotatable bonds is 1. The number of hydrogen-bond acceptors (Lipinski definition) is 4. The summed E-state index contributed by atoms with van der Waals surface area (Å²) in [5.41, 5.74) is -0.756. The standard InChI is InChI=1S/C11H17NO4/c1-10(2,3)16-8(13)7-4-11(5-7)6-15-9(14)12-11/h7H,4-6H2,1-3H3,(H,12,14)/t7-,11-. The summed E-state index contributed by atoms with van der Waals surface area (Å²) in [5, 5.41) is 2.75. The van der Waals surface area contributed by atoms with Crippen LogP contribution in [0.2, 0.25) is 0 Å². The summed E-state index contributed by atoms with van der Waals surface area (Å²) in [7, 11) is 0. The van der Waals surface area contributed by atoms with Gasteiger partial charge in [0.1, 0.15) is 12.2 Å². The average molecular weight is 227 g/mol. The van der Waals surface area contributed by atoms with Crippen LogP contribution in [0.25, 0.3) is 0 Å². The zero-order valence-electron chi connectivity index (χ0n) is 9.83. The van der Waals surface area contributed by atoms with E-state index >= 15 is 0 Å². The van der Waals surface area contributed by atoms with Gasteiger partial charge in [0.05, 0.1) is 11.5 Å². The molecule has 0 radical (unpaired) electrons. The van der Waals surface area contributed by atoms with Crippen LogP contribution < -0.4 is 5.32 Å². The maximum absolute atomic E-state index is 11.7. The van der Waals surface area contributed by atoms with E-state index in [-0.39, 0.29) is 23.5 Å². The van der Waals surface area contributed by atoms with Crippen LogP contribution in [0.3, 0.4) is 0 Å². The van der Waals surface area contributed by atoms with Crippen LogP contribution in [0, 0.1) is 5.92 Å². The van der Waals surface area contributed by atoms with Crippen molar-refractivity contribution in [1.29, 1.82) is 0 Å². The molecule has 1 amide bonds. The molecule has 16 heavy (non-hydrogen) atoms. The third-order valence-electron chi connectivity index (χ3n) is 2.86. The first-order valence-electron chi connectivity index (χ1n) is 5.48.